The largest absolute Gasteiger partial charge is 0.310 e. The van der Waals surface area contributed by atoms with Crippen molar-refractivity contribution in [1.82, 2.24) is 5.32 Å². The fourth-order valence-electron chi connectivity index (χ4n) is 3.24. The molecule has 1 fully saturated rings. The molecule has 1 heteroatoms. The van der Waals surface area contributed by atoms with Gasteiger partial charge in [0.15, 0.2) is 0 Å². The number of hydrogen-bond acceptors (Lipinski definition) is 1. The zero-order valence-corrected chi connectivity index (χ0v) is 12.9. The Morgan fingerprint density at radius 1 is 1.11 bits per heavy atom. The molecule has 19 heavy (non-hydrogen) atoms. The van der Waals surface area contributed by atoms with Crippen molar-refractivity contribution < 1.29 is 0 Å². The molecule has 0 amide bonds. The highest BCUT2D eigenvalue weighted by atomic mass is 14.9. The van der Waals surface area contributed by atoms with Gasteiger partial charge in [0, 0.05) is 12.6 Å². The lowest BCUT2D eigenvalue weighted by atomic mass is 9.80. The predicted octanol–water partition coefficient (Wildman–Crippen LogP) is 4.72. The van der Waals surface area contributed by atoms with Gasteiger partial charge in [0.25, 0.3) is 0 Å². The van der Waals surface area contributed by atoms with E-state index in [2.05, 4.69) is 57.3 Å². The maximum Gasteiger partial charge on any atom is 0.0208 e. The molecule has 3 atom stereocenters. The summed E-state index contributed by atoms with van der Waals surface area (Å²) >= 11 is 0. The normalized spacial score (nSPS) is 27.7. The molecule has 0 heterocycles. The van der Waals surface area contributed by atoms with Crippen LogP contribution in [0, 0.1) is 11.8 Å². The molecule has 1 aromatic carbocycles. The lowest BCUT2D eigenvalue weighted by molar-refractivity contribution is 0.227. The van der Waals surface area contributed by atoms with E-state index in [1.54, 1.807) is 0 Å². The lowest BCUT2D eigenvalue weighted by Crippen LogP contribution is -2.38. The number of benzene rings is 1. The maximum absolute atomic E-state index is 3.76. The van der Waals surface area contributed by atoms with Crippen LogP contribution in [0.25, 0.3) is 0 Å². The van der Waals surface area contributed by atoms with E-state index in [0.29, 0.717) is 12.0 Å². The molecule has 2 rings (SSSR count). The van der Waals surface area contributed by atoms with Crippen molar-refractivity contribution in [2.24, 2.45) is 11.8 Å². The van der Waals surface area contributed by atoms with Crippen molar-refractivity contribution in [2.45, 2.75) is 65.5 Å². The van der Waals surface area contributed by atoms with Gasteiger partial charge in [-0.25, -0.2) is 0 Å². The minimum Gasteiger partial charge on any atom is -0.310 e. The van der Waals surface area contributed by atoms with Gasteiger partial charge in [0.2, 0.25) is 0 Å². The standard InChI is InChI=1S/C18H29N/c1-13(2)17-8-6-16(7-9-17)12-19-18-10-5-14(3)11-15(18)4/h6-9,13-15,18-19H,5,10-12H2,1-4H3. The molecular formula is C18H29N. The van der Waals surface area contributed by atoms with Gasteiger partial charge in [-0.2, -0.15) is 0 Å². The molecule has 0 spiro atoms. The maximum atomic E-state index is 3.76. The van der Waals surface area contributed by atoms with Crippen LogP contribution in [0.5, 0.6) is 0 Å². The van der Waals surface area contributed by atoms with Crippen molar-refractivity contribution in [2.75, 3.05) is 0 Å². The van der Waals surface area contributed by atoms with Gasteiger partial charge in [0.05, 0.1) is 0 Å². The van der Waals surface area contributed by atoms with E-state index in [1.165, 1.54) is 30.4 Å². The fourth-order valence-corrected chi connectivity index (χ4v) is 3.24. The first-order valence-electron chi connectivity index (χ1n) is 7.88. The summed E-state index contributed by atoms with van der Waals surface area (Å²) in [7, 11) is 0. The average Bonchev–Trinajstić information content (AvgIpc) is 2.38. The van der Waals surface area contributed by atoms with E-state index in [0.717, 1.165) is 18.4 Å². The molecule has 0 aliphatic heterocycles. The van der Waals surface area contributed by atoms with Crippen LogP contribution in [0.4, 0.5) is 0 Å². The summed E-state index contributed by atoms with van der Waals surface area (Å²) in [6.45, 7) is 10.3. The quantitative estimate of drug-likeness (QED) is 0.824. The molecule has 1 nitrogen and oxygen atoms in total. The minimum atomic E-state index is 0.627. The van der Waals surface area contributed by atoms with Crippen molar-refractivity contribution in [3.05, 3.63) is 35.4 Å². The van der Waals surface area contributed by atoms with E-state index in [1.807, 2.05) is 0 Å². The van der Waals surface area contributed by atoms with Gasteiger partial charge in [-0.15, -0.1) is 0 Å². The topological polar surface area (TPSA) is 12.0 Å². The molecule has 0 bridgehead atoms. The first-order valence-corrected chi connectivity index (χ1v) is 7.88. The Kier molecular flexibility index (Phi) is 5.04. The zero-order chi connectivity index (χ0) is 13.8. The summed E-state index contributed by atoms with van der Waals surface area (Å²) < 4.78 is 0. The Bertz CT molecular complexity index is 379. The third-order valence-corrected chi connectivity index (χ3v) is 4.65. The van der Waals surface area contributed by atoms with Crippen LogP contribution in [0.15, 0.2) is 24.3 Å². The first-order chi connectivity index (χ1) is 9.06. The van der Waals surface area contributed by atoms with Crippen LogP contribution < -0.4 is 5.32 Å². The Morgan fingerprint density at radius 3 is 2.37 bits per heavy atom. The van der Waals surface area contributed by atoms with Crippen molar-refractivity contribution >= 4 is 0 Å². The fraction of sp³-hybridized carbons (Fsp3) is 0.667. The monoisotopic (exact) mass is 259 g/mol. The van der Waals surface area contributed by atoms with Gasteiger partial charge in [-0.05, 0) is 48.1 Å². The molecule has 1 aliphatic rings. The number of nitrogens with one attached hydrogen (secondary N) is 1. The minimum absolute atomic E-state index is 0.627. The Morgan fingerprint density at radius 2 is 1.79 bits per heavy atom. The molecular weight excluding hydrogens is 230 g/mol. The van der Waals surface area contributed by atoms with Crippen LogP contribution >= 0.6 is 0 Å². The summed E-state index contributed by atoms with van der Waals surface area (Å²) in [5, 5.41) is 3.76. The zero-order valence-electron chi connectivity index (χ0n) is 12.9. The first kappa shape index (κ1) is 14.6. The Hall–Kier alpha value is -0.820. The third kappa shape index (κ3) is 4.07. The molecule has 1 aliphatic carbocycles. The molecule has 0 aromatic heterocycles. The van der Waals surface area contributed by atoms with E-state index in [9.17, 15) is 0 Å². The van der Waals surface area contributed by atoms with Crippen LogP contribution in [0.1, 0.15) is 64.0 Å². The van der Waals surface area contributed by atoms with Gasteiger partial charge in [0.1, 0.15) is 0 Å². The van der Waals surface area contributed by atoms with Crippen molar-refractivity contribution in [1.29, 1.82) is 0 Å². The van der Waals surface area contributed by atoms with E-state index in [4.69, 9.17) is 0 Å². The second-order valence-electron chi connectivity index (χ2n) is 6.78. The summed E-state index contributed by atoms with van der Waals surface area (Å²) in [6.07, 6.45) is 4.10. The summed E-state index contributed by atoms with van der Waals surface area (Å²) in [4.78, 5) is 0. The molecule has 3 unspecified atom stereocenters. The van der Waals surface area contributed by atoms with Crippen molar-refractivity contribution in [3.63, 3.8) is 0 Å². The van der Waals surface area contributed by atoms with E-state index >= 15 is 0 Å². The highest BCUT2D eigenvalue weighted by Gasteiger charge is 2.24. The van der Waals surface area contributed by atoms with E-state index < -0.39 is 0 Å². The molecule has 1 saturated carbocycles. The molecule has 0 saturated heterocycles. The Balaban J connectivity index is 1.85. The molecule has 0 radical (unpaired) electrons. The van der Waals surface area contributed by atoms with Crippen molar-refractivity contribution in [3.8, 4) is 0 Å². The molecule has 1 N–H and O–H groups in total. The summed E-state index contributed by atoms with van der Waals surface area (Å²) in [6, 6.07) is 9.81. The average molecular weight is 259 g/mol. The van der Waals surface area contributed by atoms with Gasteiger partial charge < -0.3 is 5.32 Å². The van der Waals surface area contributed by atoms with Crippen LogP contribution in [-0.2, 0) is 6.54 Å². The third-order valence-electron chi connectivity index (χ3n) is 4.65. The van der Waals surface area contributed by atoms with Gasteiger partial charge >= 0.3 is 0 Å². The predicted molar refractivity (Wildman–Crippen MR) is 83.3 cm³/mol. The summed E-state index contributed by atoms with van der Waals surface area (Å²) in [5.41, 5.74) is 2.85. The van der Waals surface area contributed by atoms with Crippen LogP contribution in [0.2, 0.25) is 0 Å². The summed E-state index contributed by atoms with van der Waals surface area (Å²) in [5.74, 6) is 2.36. The molecule has 1 aromatic rings. The van der Waals surface area contributed by atoms with Gasteiger partial charge in [-0.1, -0.05) is 52.0 Å². The second-order valence-corrected chi connectivity index (χ2v) is 6.78. The smallest absolute Gasteiger partial charge is 0.0208 e. The highest BCUT2D eigenvalue weighted by Crippen LogP contribution is 2.28. The van der Waals surface area contributed by atoms with Crippen LogP contribution in [0.3, 0.4) is 0 Å². The highest BCUT2D eigenvalue weighted by molar-refractivity contribution is 5.24. The number of rotatable bonds is 4. The lowest BCUT2D eigenvalue weighted by Gasteiger charge is -2.33. The number of hydrogen-bond donors (Lipinski definition) is 1. The molecule has 106 valence electrons. The van der Waals surface area contributed by atoms with Crippen LogP contribution in [-0.4, -0.2) is 6.04 Å². The van der Waals surface area contributed by atoms with Gasteiger partial charge in [-0.3, -0.25) is 0 Å². The van der Waals surface area contributed by atoms with E-state index in [-0.39, 0.29) is 0 Å². The SMILES string of the molecule is CC1CCC(NCc2ccc(C(C)C)cc2)C(C)C1. The Labute approximate surface area is 118 Å². The second kappa shape index (κ2) is 6.56.